The van der Waals surface area contributed by atoms with Gasteiger partial charge in [-0.2, -0.15) is 4.91 Å². The number of alkyl halides is 1. The van der Waals surface area contributed by atoms with Crippen molar-refractivity contribution in [1.29, 1.82) is 0 Å². The first-order valence-electron chi connectivity index (χ1n) is 3.18. The van der Waals surface area contributed by atoms with Crippen LogP contribution in [0.1, 0.15) is 11.1 Å². The van der Waals surface area contributed by atoms with Crippen LogP contribution in [0.5, 0.6) is 0 Å². The molecule has 0 aliphatic heterocycles. The minimum atomic E-state index is -0.395. The normalized spacial score (nSPS) is 12.5. The first-order chi connectivity index (χ1) is 5.34. The maximum Gasteiger partial charge on any atom is 0.103 e. The Kier molecular flexibility index (Phi) is 2.98. The van der Waals surface area contributed by atoms with Gasteiger partial charge < -0.3 is 0 Å². The predicted molar refractivity (Wildman–Crippen MR) is 43.5 cm³/mol. The molecule has 1 rings (SSSR count). The quantitative estimate of drug-likeness (QED) is 0.515. The van der Waals surface area contributed by atoms with Gasteiger partial charge in [0.1, 0.15) is 6.54 Å². The minimum absolute atomic E-state index is 0.0680. The molecule has 4 heteroatoms. The Morgan fingerprint density at radius 1 is 1.64 bits per heavy atom. The second-order valence-corrected chi connectivity index (χ2v) is 2.56. The van der Waals surface area contributed by atoms with Crippen molar-refractivity contribution in [2.45, 2.75) is 5.38 Å². The number of hydrogen-bond acceptors (Lipinski definition) is 3. The molecular formula is C7H7ClN2O. The number of hydrogen-bond donors (Lipinski definition) is 0. The van der Waals surface area contributed by atoms with E-state index in [4.69, 9.17) is 11.6 Å². The molecule has 0 fully saturated rings. The first kappa shape index (κ1) is 8.14. The number of nitroso groups, excluding NO2 is 1. The molecule has 0 saturated carbocycles. The monoisotopic (exact) mass is 170 g/mol. The lowest BCUT2D eigenvalue weighted by Crippen LogP contribution is -1.96. The van der Waals surface area contributed by atoms with E-state index in [-0.39, 0.29) is 6.54 Å². The molecule has 0 aliphatic carbocycles. The number of aromatic nitrogens is 1. The zero-order valence-corrected chi connectivity index (χ0v) is 6.53. The van der Waals surface area contributed by atoms with Crippen molar-refractivity contribution < 1.29 is 0 Å². The van der Waals surface area contributed by atoms with Gasteiger partial charge in [0.15, 0.2) is 0 Å². The van der Waals surface area contributed by atoms with E-state index in [0.29, 0.717) is 5.69 Å². The van der Waals surface area contributed by atoms with E-state index in [1.165, 1.54) is 0 Å². The molecule has 11 heavy (non-hydrogen) atoms. The summed E-state index contributed by atoms with van der Waals surface area (Å²) in [6.45, 7) is 0.0680. The van der Waals surface area contributed by atoms with Gasteiger partial charge >= 0.3 is 0 Å². The third-order valence-corrected chi connectivity index (χ3v) is 1.61. The van der Waals surface area contributed by atoms with E-state index in [2.05, 4.69) is 10.2 Å². The summed E-state index contributed by atoms with van der Waals surface area (Å²) in [5, 5.41) is 2.30. The van der Waals surface area contributed by atoms with Crippen LogP contribution in [0.25, 0.3) is 0 Å². The topological polar surface area (TPSA) is 42.3 Å². The molecule has 0 radical (unpaired) electrons. The fourth-order valence-electron chi connectivity index (χ4n) is 0.720. The summed E-state index contributed by atoms with van der Waals surface area (Å²) in [7, 11) is 0. The van der Waals surface area contributed by atoms with Crippen LogP contribution in [0.2, 0.25) is 0 Å². The van der Waals surface area contributed by atoms with Gasteiger partial charge in [-0.05, 0) is 12.1 Å². The molecule has 58 valence electrons. The largest absolute Gasteiger partial charge is 0.260 e. The van der Waals surface area contributed by atoms with Crippen LogP contribution < -0.4 is 0 Å². The third kappa shape index (κ3) is 2.27. The van der Waals surface area contributed by atoms with Crippen LogP contribution in [0, 0.1) is 4.91 Å². The Labute approximate surface area is 69.4 Å². The average Bonchev–Trinajstić information content (AvgIpc) is 2.07. The molecule has 0 saturated heterocycles. The molecule has 0 N–H and O–H groups in total. The molecule has 1 heterocycles. The van der Waals surface area contributed by atoms with Crippen molar-refractivity contribution in [3.05, 3.63) is 35.0 Å². The fourth-order valence-corrected chi connectivity index (χ4v) is 0.906. The molecule has 0 spiro atoms. The van der Waals surface area contributed by atoms with Crippen LogP contribution in [-0.2, 0) is 0 Å². The highest BCUT2D eigenvalue weighted by atomic mass is 35.5. The van der Waals surface area contributed by atoms with Gasteiger partial charge in [0, 0.05) is 6.20 Å². The Hall–Kier alpha value is -0.960. The lowest BCUT2D eigenvalue weighted by atomic mass is 10.3. The summed E-state index contributed by atoms with van der Waals surface area (Å²) in [6, 6.07) is 5.38. The summed E-state index contributed by atoms with van der Waals surface area (Å²) in [5.41, 5.74) is 0.689. The van der Waals surface area contributed by atoms with Crippen molar-refractivity contribution in [2.24, 2.45) is 5.18 Å². The standard InChI is InChI=1S/C7H7ClN2O/c8-6(5-10-11)7-3-1-2-4-9-7/h1-4,6H,5H2. The van der Waals surface area contributed by atoms with Crippen LogP contribution >= 0.6 is 11.6 Å². The lowest BCUT2D eigenvalue weighted by molar-refractivity contribution is 0.883. The van der Waals surface area contributed by atoms with Crippen LogP contribution in [-0.4, -0.2) is 11.5 Å². The average molecular weight is 171 g/mol. The summed E-state index contributed by atoms with van der Waals surface area (Å²) < 4.78 is 0. The number of pyridine rings is 1. The van der Waals surface area contributed by atoms with E-state index in [1.54, 1.807) is 18.3 Å². The Bertz CT molecular complexity index is 227. The van der Waals surface area contributed by atoms with Gasteiger partial charge in [-0.15, -0.1) is 11.6 Å². The Morgan fingerprint density at radius 2 is 2.45 bits per heavy atom. The van der Waals surface area contributed by atoms with E-state index in [0.717, 1.165) is 0 Å². The molecule has 1 aromatic rings. The number of halogens is 1. The van der Waals surface area contributed by atoms with Gasteiger partial charge in [0.25, 0.3) is 0 Å². The van der Waals surface area contributed by atoms with Gasteiger partial charge in [-0.1, -0.05) is 11.2 Å². The van der Waals surface area contributed by atoms with E-state index in [1.807, 2.05) is 6.07 Å². The number of nitrogens with zero attached hydrogens (tertiary/aromatic N) is 2. The molecule has 1 atom stereocenters. The lowest BCUT2D eigenvalue weighted by Gasteiger charge is -2.01. The molecular weight excluding hydrogens is 164 g/mol. The summed E-state index contributed by atoms with van der Waals surface area (Å²) in [4.78, 5) is 13.8. The van der Waals surface area contributed by atoms with Gasteiger partial charge in [-0.25, -0.2) is 0 Å². The molecule has 0 amide bonds. The van der Waals surface area contributed by atoms with Crippen molar-refractivity contribution in [3.63, 3.8) is 0 Å². The van der Waals surface area contributed by atoms with E-state index in [9.17, 15) is 4.91 Å². The maximum atomic E-state index is 9.83. The summed E-state index contributed by atoms with van der Waals surface area (Å²) in [5.74, 6) is 0. The summed E-state index contributed by atoms with van der Waals surface area (Å²) >= 11 is 5.75. The van der Waals surface area contributed by atoms with Gasteiger partial charge in [-0.3, -0.25) is 4.98 Å². The molecule has 0 aliphatic rings. The van der Waals surface area contributed by atoms with Gasteiger partial charge in [0.2, 0.25) is 0 Å². The first-order valence-corrected chi connectivity index (χ1v) is 3.62. The zero-order valence-electron chi connectivity index (χ0n) is 5.77. The molecule has 1 unspecified atom stereocenters. The highest BCUT2D eigenvalue weighted by Gasteiger charge is 2.07. The summed E-state index contributed by atoms with van der Waals surface area (Å²) in [6.07, 6.45) is 1.63. The molecule has 0 aromatic carbocycles. The van der Waals surface area contributed by atoms with E-state index >= 15 is 0 Å². The highest BCUT2D eigenvalue weighted by molar-refractivity contribution is 6.20. The van der Waals surface area contributed by atoms with Crippen molar-refractivity contribution in [3.8, 4) is 0 Å². The fraction of sp³-hybridized carbons (Fsp3) is 0.286. The predicted octanol–water partition coefficient (Wildman–Crippen LogP) is 2.13. The second kappa shape index (κ2) is 4.03. The highest BCUT2D eigenvalue weighted by Crippen LogP contribution is 2.17. The molecule has 0 bridgehead atoms. The van der Waals surface area contributed by atoms with E-state index < -0.39 is 5.38 Å². The zero-order chi connectivity index (χ0) is 8.10. The van der Waals surface area contributed by atoms with Crippen molar-refractivity contribution >= 4 is 11.6 Å². The van der Waals surface area contributed by atoms with Crippen LogP contribution in [0.15, 0.2) is 29.6 Å². The minimum Gasteiger partial charge on any atom is -0.260 e. The molecule has 3 nitrogen and oxygen atoms in total. The smallest absolute Gasteiger partial charge is 0.103 e. The van der Waals surface area contributed by atoms with Crippen molar-refractivity contribution in [1.82, 2.24) is 4.98 Å². The van der Waals surface area contributed by atoms with Gasteiger partial charge in [0.05, 0.1) is 11.1 Å². The molecule has 1 aromatic heterocycles. The Morgan fingerprint density at radius 3 is 3.00 bits per heavy atom. The SMILES string of the molecule is O=NCC(Cl)c1ccccn1. The third-order valence-electron chi connectivity index (χ3n) is 1.24. The number of rotatable bonds is 3. The van der Waals surface area contributed by atoms with Crippen LogP contribution in [0.3, 0.4) is 0 Å². The Balaban J connectivity index is 2.68. The van der Waals surface area contributed by atoms with Crippen molar-refractivity contribution in [2.75, 3.05) is 6.54 Å². The van der Waals surface area contributed by atoms with Crippen LogP contribution in [0.4, 0.5) is 0 Å². The maximum absolute atomic E-state index is 9.83. The second-order valence-electron chi connectivity index (χ2n) is 2.03.